The Kier molecular flexibility index (Phi) is 36.9. The Hall–Kier alpha value is -1.39. The van der Waals surface area contributed by atoms with Crippen LogP contribution in [0.3, 0.4) is 0 Å². The van der Waals surface area contributed by atoms with Gasteiger partial charge in [-0.15, -0.1) is 0 Å². The number of hydrogen-bond donors (Lipinski definition) is 3. The number of aliphatic hydroxyl groups excluding tert-OH is 2. The Morgan fingerprint density at radius 1 is 0.500 bits per heavy atom. The van der Waals surface area contributed by atoms with Crippen molar-refractivity contribution in [2.45, 2.75) is 219 Å². The van der Waals surface area contributed by atoms with Crippen LogP contribution in [0.1, 0.15) is 206 Å². The summed E-state index contributed by atoms with van der Waals surface area (Å²) in [7, 11) is 0. The number of hydrogen-bond acceptors (Lipinski definition) is 3. The molecule has 3 N–H and O–H groups in total. The molecule has 0 bridgehead atoms. The van der Waals surface area contributed by atoms with E-state index < -0.39 is 12.1 Å². The number of nitrogens with one attached hydrogen (secondary N) is 1. The molecule has 0 radical (unpaired) electrons. The molecular formula is C42H79NO3. The summed E-state index contributed by atoms with van der Waals surface area (Å²) in [5, 5.41) is 22.9. The number of carbonyl (C=O) groups is 1. The van der Waals surface area contributed by atoms with E-state index in [4.69, 9.17) is 0 Å². The maximum absolute atomic E-state index is 12.3. The third-order valence-electron chi connectivity index (χ3n) is 9.10. The van der Waals surface area contributed by atoms with Crippen LogP contribution in [0.25, 0.3) is 0 Å². The fourth-order valence-electron chi connectivity index (χ4n) is 5.95. The summed E-state index contributed by atoms with van der Waals surface area (Å²) in [6.07, 6.45) is 49.5. The van der Waals surface area contributed by atoms with Crippen LogP contribution in [0.15, 0.2) is 36.5 Å². The van der Waals surface area contributed by atoms with Crippen molar-refractivity contribution in [3.05, 3.63) is 36.5 Å². The molecule has 0 aromatic heterocycles. The lowest BCUT2D eigenvalue weighted by Crippen LogP contribution is -2.45. The monoisotopic (exact) mass is 646 g/mol. The fourth-order valence-corrected chi connectivity index (χ4v) is 5.95. The third-order valence-corrected chi connectivity index (χ3v) is 9.10. The smallest absolute Gasteiger partial charge is 0.220 e. The van der Waals surface area contributed by atoms with Crippen LogP contribution >= 0.6 is 0 Å². The van der Waals surface area contributed by atoms with Gasteiger partial charge in [-0.2, -0.15) is 0 Å². The van der Waals surface area contributed by atoms with Gasteiger partial charge in [0.15, 0.2) is 0 Å². The van der Waals surface area contributed by atoms with Crippen molar-refractivity contribution in [2.75, 3.05) is 6.61 Å². The molecule has 0 aliphatic carbocycles. The standard InChI is InChI=1S/C42H79NO3/c1-3-5-7-9-11-13-15-17-18-19-20-21-22-23-24-26-28-30-32-34-36-38-42(46)43-40(39-44)41(45)37-35-33-31-29-27-25-16-14-12-10-8-6-4-2/h19-20,27,29,35,37,40-41,44-45H,3-18,21-26,28,30-34,36,38-39H2,1-2H3,(H,43,46)/b20-19-,29-27+,37-35+. The highest BCUT2D eigenvalue weighted by Crippen LogP contribution is 2.13. The van der Waals surface area contributed by atoms with Crippen LogP contribution in [0, 0.1) is 0 Å². The molecule has 270 valence electrons. The molecule has 0 aromatic rings. The lowest BCUT2D eigenvalue weighted by Gasteiger charge is -2.19. The second-order valence-corrected chi connectivity index (χ2v) is 13.7. The fraction of sp³-hybridized carbons (Fsp3) is 0.833. The molecule has 0 heterocycles. The number of aliphatic hydroxyl groups is 2. The number of rotatable bonds is 36. The van der Waals surface area contributed by atoms with Crippen LogP contribution in [0.5, 0.6) is 0 Å². The van der Waals surface area contributed by atoms with E-state index in [1.54, 1.807) is 6.08 Å². The zero-order valence-corrected chi connectivity index (χ0v) is 30.8. The molecule has 0 saturated carbocycles. The van der Waals surface area contributed by atoms with Crippen molar-refractivity contribution in [3.8, 4) is 0 Å². The van der Waals surface area contributed by atoms with Crippen molar-refractivity contribution < 1.29 is 15.0 Å². The largest absolute Gasteiger partial charge is 0.394 e. The minimum absolute atomic E-state index is 0.0772. The zero-order valence-electron chi connectivity index (χ0n) is 30.8. The average molecular weight is 646 g/mol. The lowest BCUT2D eigenvalue weighted by atomic mass is 10.0. The van der Waals surface area contributed by atoms with Crippen molar-refractivity contribution >= 4 is 5.91 Å². The minimum atomic E-state index is -0.860. The summed E-state index contributed by atoms with van der Waals surface area (Å²) in [4.78, 5) is 12.3. The highest BCUT2D eigenvalue weighted by atomic mass is 16.3. The third kappa shape index (κ3) is 34.0. The van der Waals surface area contributed by atoms with E-state index in [0.717, 1.165) is 32.1 Å². The predicted molar refractivity (Wildman–Crippen MR) is 202 cm³/mol. The van der Waals surface area contributed by atoms with Crippen LogP contribution in [0.2, 0.25) is 0 Å². The number of amides is 1. The molecular weight excluding hydrogens is 566 g/mol. The molecule has 4 heteroatoms. The average Bonchev–Trinajstić information content (AvgIpc) is 3.06. The first-order valence-corrected chi connectivity index (χ1v) is 20.2. The molecule has 0 rings (SSSR count). The maximum atomic E-state index is 12.3. The van der Waals surface area contributed by atoms with E-state index in [0.29, 0.717) is 6.42 Å². The first kappa shape index (κ1) is 44.6. The van der Waals surface area contributed by atoms with Gasteiger partial charge in [0.25, 0.3) is 0 Å². The van der Waals surface area contributed by atoms with Crippen molar-refractivity contribution in [1.82, 2.24) is 5.32 Å². The second kappa shape index (κ2) is 38.1. The van der Waals surface area contributed by atoms with Gasteiger partial charge in [-0.05, 0) is 57.8 Å². The first-order valence-electron chi connectivity index (χ1n) is 20.2. The van der Waals surface area contributed by atoms with E-state index in [1.807, 2.05) is 6.08 Å². The van der Waals surface area contributed by atoms with Crippen LogP contribution < -0.4 is 5.32 Å². The summed E-state index contributed by atoms with van der Waals surface area (Å²) in [6.45, 7) is 4.28. The van der Waals surface area contributed by atoms with Gasteiger partial charge in [-0.1, -0.05) is 179 Å². The number of unbranched alkanes of at least 4 members (excludes halogenated alkanes) is 25. The highest BCUT2D eigenvalue weighted by Gasteiger charge is 2.17. The Bertz CT molecular complexity index is 701. The molecule has 2 unspecified atom stereocenters. The van der Waals surface area contributed by atoms with E-state index in [-0.39, 0.29) is 12.5 Å². The minimum Gasteiger partial charge on any atom is -0.394 e. The van der Waals surface area contributed by atoms with Crippen molar-refractivity contribution in [1.29, 1.82) is 0 Å². The molecule has 0 aromatic carbocycles. The normalized spacial score (nSPS) is 13.4. The Labute approximate surface area is 287 Å². The Morgan fingerprint density at radius 2 is 0.848 bits per heavy atom. The molecule has 2 atom stereocenters. The van der Waals surface area contributed by atoms with E-state index in [1.165, 1.54) is 154 Å². The van der Waals surface area contributed by atoms with Gasteiger partial charge in [0.2, 0.25) is 5.91 Å². The van der Waals surface area contributed by atoms with Crippen LogP contribution in [-0.2, 0) is 4.79 Å². The first-order chi connectivity index (χ1) is 22.7. The summed E-state index contributed by atoms with van der Waals surface area (Å²) >= 11 is 0. The second-order valence-electron chi connectivity index (χ2n) is 13.7. The quantitative estimate of drug-likeness (QED) is 0.0469. The lowest BCUT2D eigenvalue weighted by molar-refractivity contribution is -0.123. The topological polar surface area (TPSA) is 69.6 Å². The number of carbonyl (C=O) groups excluding carboxylic acids is 1. The summed E-state index contributed by atoms with van der Waals surface area (Å²) in [6, 6.07) is -0.637. The maximum Gasteiger partial charge on any atom is 0.220 e. The van der Waals surface area contributed by atoms with E-state index >= 15 is 0 Å². The van der Waals surface area contributed by atoms with Gasteiger partial charge < -0.3 is 15.5 Å². The molecule has 0 spiro atoms. The van der Waals surface area contributed by atoms with Gasteiger partial charge in [-0.3, -0.25) is 4.79 Å². The summed E-state index contributed by atoms with van der Waals surface area (Å²) < 4.78 is 0. The molecule has 46 heavy (non-hydrogen) atoms. The molecule has 0 aliphatic rings. The molecule has 1 amide bonds. The van der Waals surface area contributed by atoms with Crippen LogP contribution in [0.4, 0.5) is 0 Å². The van der Waals surface area contributed by atoms with E-state index in [2.05, 4.69) is 43.5 Å². The molecule has 0 fully saturated rings. The zero-order chi connectivity index (χ0) is 33.6. The van der Waals surface area contributed by atoms with Gasteiger partial charge in [-0.25, -0.2) is 0 Å². The molecule has 4 nitrogen and oxygen atoms in total. The highest BCUT2D eigenvalue weighted by molar-refractivity contribution is 5.76. The van der Waals surface area contributed by atoms with Crippen LogP contribution in [-0.4, -0.2) is 34.9 Å². The Balaban J connectivity index is 3.60. The predicted octanol–water partition coefficient (Wildman–Crippen LogP) is 12.2. The van der Waals surface area contributed by atoms with E-state index in [9.17, 15) is 15.0 Å². The Morgan fingerprint density at radius 3 is 1.26 bits per heavy atom. The van der Waals surface area contributed by atoms with Crippen molar-refractivity contribution in [2.24, 2.45) is 0 Å². The van der Waals surface area contributed by atoms with Gasteiger partial charge in [0.05, 0.1) is 18.8 Å². The summed E-state index contributed by atoms with van der Waals surface area (Å²) in [5.41, 5.74) is 0. The SMILES string of the molecule is CCCCCCCCC/C=C/CC/C=C/C(O)C(CO)NC(=O)CCCCCCCCCCC/C=C\CCCCCCCCCC. The van der Waals surface area contributed by atoms with Gasteiger partial charge in [0, 0.05) is 6.42 Å². The van der Waals surface area contributed by atoms with Gasteiger partial charge >= 0.3 is 0 Å². The number of allylic oxidation sites excluding steroid dienone is 5. The summed E-state index contributed by atoms with van der Waals surface area (Å²) in [5.74, 6) is -0.0772. The molecule has 0 saturated heterocycles. The van der Waals surface area contributed by atoms with Gasteiger partial charge in [0.1, 0.15) is 0 Å². The van der Waals surface area contributed by atoms with Crippen molar-refractivity contribution in [3.63, 3.8) is 0 Å². The molecule has 0 aliphatic heterocycles.